The lowest BCUT2D eigenvalue weighted by Crippen LogP contribution is -2.42. The fraction of sp³-hybridized carbons (Fsp3) is 0.316. The van der Waals surface area contributed by atoms with Gasteiger partial charge in [0.2, 0.25) is 5.91 Å². The number of rotatable bonds is 9. The summed E-state index contributed by atoms with van der Waals surface area (Å²) in [5.74, 6) is 0.194. The van der Waals surface area contributed by atoms with E-state index in [1.165, 1.54) is 19.2 Å². The van der Waals surface area contributed by atoms with Crippen molar-refractivity contribution < 1.29 is 17.9 Å². The topological polar surface area (TPSA) is 79.0 Å². The highest BCUT2D eigenvalue weighted by Gasteiger charge is 2.27. The number of ether oxygens (including phenoxy) is 1. The van der Waals surface area contributed by atoms with Gasteiger partial charge in [0.05, 0.1) is 17.7 Å². The Labute approximate surface area is 160 Å². The number of methoxy groups -OCH3 is 1. The van der Waals surface area contributed by atoms with Crippen LogP contribution in [0.25, 0.3) is 0 Å². The second-order valence-corrected chi connectivity index (χ2v) is 8.04. The molecule has 0 aromatic heterocycles. The number of hydrogen-bond acceptors (Lipinski definition) is 5. The normalized spacial score (nSPS) is 11.3. The number of sulfonamides is 1. The number of para-hydroxylation sites is 1. The molecule has 8 heteroatoms. The van der Waals surface area contributed by atoms with Gasteiger partial charge in [0, 0.05) is 13.1 Å². The fourth-order valence-electron chi connectivity index (χ4n) is 2.39. The largest absolute Gasteiger partial charge is 0.497 e. The molecule has 0 saturated carbocycles. The summed E-state index contributed by atoms with van der Waals surface area (Å²) in [6.45, 7) is 0.811. The third-order valence-corrected chi connectivity index (χ3v) is 5.65. The third kappa shape index (κ3) is 5.70. The number of carbonyl (C=O) groups excluding carboxylic acids is 1. The van der Waals surface area contributed by atoms with Crippen molar-refractivity contribution >= 4 is 21.6 Å². The number of likely N-dealkylation sites (N-methyl/N-ethyl adjacent to an activating group) is 1. The van der Waals surface area contributed by atoms with Gasteiger partial charge in [-0.2, -0.15) is 0 Å². The van der Waals surface area contributed by atoms with Crippen LogP contribution in [-0.4, -0.2) is 60.1 Å². The Hall–Kier alpha value is -2.58. The molecule has 2 aromatic rings. The van der Waals surface area contributed by atoms with E-state index in [0.29, 0.717) is 24.5 Å². The number of nitrogens with one attached hydrogen (secondary N) is 1. The van der Waals surface area contributed by atoms with E-state index in [2.05, 4.69) is 5.32 Å². The molecule has 0 aliphatic carbocycles. The van der Waals surface area contributed by atoms with Gasteiger partial charge in [-0.1, -0.05) is 18.2 Å². The zero-order valence-corrected chi connectivity index (χ0v) is 16.6. The second-order valence-electron chi connectivity index (χ2n) is 6.18. The van der Waals surface area contributed by atoms with Crippen molar-refractivity contribution in [3.63, 3.8) is 0 Å². The van der Waals surface area contributed by atoms with E-state index in [1.54, 1.807) is 42.5 Å². The lowest BCUT2D eigenvalue weighted by Gasteiger charge is -2.24. The molecule has 2 aromatic carbocycles. The molecule has 0 saturated heterocycles. The summed E-state index contributed by atoms with van der Waals surface area (Å²) in [6, 6.07) is 14.7. The summed E-state index contributed by atoms with van der Waals surface area (Å²) in [7, 11) is 1.40. The van der Waals surface area contributed by atoms with E-state index in [-0.39, 0.29) is 17.3 Å². The van der Waals surface area contributed by atoms with Crippen LogP contribution in [0.1, 0.15) is 0 Å². The molecule has 27 heavy (non-hydrogen) atoms. The Bertz CT molecular complexity index is 837. The maximum Gasteiger partial charge on any atom is 0.264 e. The predicted octanol–water partition coefficient (Wildman–Crippen LogP) is 1.57. The SMILES string of the molecule is COc1ccc(S(=O)(=O)N(CC(=O)NCCN(C)C)c2ccccc2)cc1. The lowest BCUT2D eigenvalue weighted by atomic mass is 10.3. The summed E-state index contributed by atoms with van der Waals surface area (Å²) in [4.78, 5) is 14.4. The average Bonchev–Trinajstić information content (AvgIpc) is 2.66. The van der Waals surface area contributed by atoms with Gasteiger partial charge in [0.25, 0.3) is 10.0 Å². The van der Waals surface area contributed by atoms with Crippen LogP contribution in [-0.2, 0) is 14.8 Å². The second kappa shape index (κ2) is 9.38. The van der Waals surface area contributed by atoms with Crippen molar-refractivity contribution in [3.8, 4) is 5.75 Å². The molecule has 0 aliphatic heterocycles. The van der Waals surface area contributed by atoms with Crippen molar-refractivity contribution in [2.45, 2.75) is 4.90 Å². The van der Waals surface area contributed by atoms with Crippen molar-refractivity contribution in [2.75, 3.05) is 45.1 Å². The minimum atomic E-state index is -3.91. The van der Waals surface area contributed by atoms with Crippen molar-refractivity contribution in [3.05, 3.63) is 54.6 Å². The van der Waals surface area contributed by atoms with Gasteiger partial charge in [-0.15, -0.1) is 0 Å². The molecule has 1 amide bonds. The fourth-order valence-corrected chi connectivity index (χ4v) is 3.81. The van der Waals surface area contributed by atoms with Crippen LogP contribution < -0.4 is 14.4 Å². The Morgan fingerprint density at radius 1 is 1.04 bits per heavy atom. The molecule has 0 atom stereocenters. The van der Waals surface area contributed by atoms with Gasteiger partial charge in [-0.3, -0.25) is 9.10 Å². The minimum absolute atomic E-state index is 0.0910. The highest BCUT2D eigenvalue weighted by Crippen LogP contribution is 2.24. The van der Waals surface area contributed by atoms with E-state index in [9.17, 15) is 13.2 Å². The van der Waals surface area contributed by atoms with Crippen molar-refractivity contribution in [2.24, 2.45) is 0 Å². The van der Waals surface area contributed by atoms with Crippen LogP contribution >= 0.6 is 0 Å². The van der Waals surface area contributed by atoms with Crippen LogP contribution in [0.15, 0.2) is 59.5 Å². The monoisotopic (exact) mass is 391 g/mol. The van der Waals surface area contributed by atoms with Gasteiger partial charge >= 0.3 is 0 Å². The number of carbonyl (C=O) groups is 1. The van der Waals surface area contributed by atoms with E-state index in [0.717, 1.165) is 4.31 Å². The molecule has 0 unspecified atom stereocenters. The van der Waals surface area contributed by atoms with E-state index >= 15 is 0 Å². The van der Waals surface area contributed by atoms with E-state index in [4.69, 9.17) is 4.74 Å². The van der Waals surface area contributed by atoms with Crippen LogP contribution in [0.4, 0.5) is 5.69 Å². The molecule has 7 nitrogen and oxygen atoms in total. The predicted molar refractivity (Wildman–Crippen MR) is 106 cm³/mol. The first-order chi connectivity index (χ1) is 12.8. The highest BCUT2D eigenvalue weighted by atomic mass is 32.2. The van der Waals surface area contributed by atoms with Crippen LogP contribution in [0.3, 0.4) is 0 Å². The maximum atomic E-state index is 13.1. The average molecular weight is 391 g/mol. The van der Waals surface area contributed by atoms with Crippen molar-refractivity contribution in [1.29, 1.82) is 0 Å². The van der Waals surface area contributed by atoms with E-state index < -0.39 is 10.0 Å². The van der Waals surface area contributed by atoms with Gasteiger partial charge in [-0.05, 0) is 50.5 Å². The number of amides is 1. The van der Waals surface area contributed by atoms with Crippen LogP contribution in [0, 0.1) is 0 Å². The Kier molecular flexibility index (Phi) is 7.20. The molecule has 0 fully saturated rings. The summed E-state index contributed by atoms with van der Waals surface area (Å²) in [6.07, 6.45) is 0. The number of anilines is 1. The van der Waals surface area contributed by atoms with Gasteiger partial charge in [0.1, 0.15) is 12.3 Å². The molecule has 2 rings (SSSR count). The first-order valence-corrected chi connectivity index (χ1v) is 9.92. The molecule has 0 aliphatic rings. The number of hydrogen-bond donors (Lipinski definition) is 1. The third-order valence-electron chi connectivity index (χ3n) is 3.86. The lowest BCUT2D eigenvalue weighted by molar-refractivity contribution is -0.119. The zero-order valence-electron chi connectivity index (χ0n) is 15.8. The maximum absolute atomic E-state index is 13.1. The van der Waals surface area contributed by atoms with E-state index in [1.807, 2.05) is 19.0 Å². The number of nitrogens with zero attached hydrogens (tertiary/aromatic N) is 2. The highest BCUT2D eigenvalue weighted by molar-refractivity contribution is 7.92. The standard InChI is InChI=1S/C19H25N3O4S/c1-21(2)14-13-20-19(23)15-22(16-7-5-4-6-8-16)27(24,25)18-11-9-17(26-3)10-12-18/h4-12H,13-15H2,1-3H3,(H,20,23). The van der Waals surface area contributed by atoms with Crippen LogP contribution in [0.2, 0.25) is 0 Å². The molecule has 146 valence electrons. The minimum Gasteiger partial charge on any atom is -0.497 e. The Morgan fingerprint density at radius 3 is 2.22 bits per heavy atom. The van der Waals surface area contributed by atoms with Crippen molar-refractivity contribution in [1.82, 2.24) is 10.2 Å². The zero-order chi connectivity index (χ0) is 19.9. The molecule has 1 N–H and O–H groups in total. The molecule has 0 spiro atoms. The number of benzene rings is 2. The first-order valence-electron chi connectivity index (χ1n) is 8.48. The van der Waals surface area contributed by atoms with Gasteiger partial charge in [-0.25, -0.2) is 8.42 Å². The summed E-state index contributed by atoms with van der Waals surface area (Å²) >= 11 is 0. The molecular weight excluding hydrogens is 366 g/mol. The van der Waals surface area contributed by atoms with Crippen LogP contribution in [0.5, 0.6) is 5.75 Å². The summed E-state index contributed by atoms with van der Waals surface area (Å²) in [5, 5.41) is 2.75. The summed E-state index contributed by atoms with van der Waals surface area (Å²) < 4.78 is 32.5. The molecular formula is C19H25N3O4S. The van der Waals surface area contributed by atoms with Gasteiger partial charge < -0.3 is 15.0 Å². The van der Waals surface area contributed by atoms with Gasteiger partial charge in [0.15, 0.2) is 0 Å². The first kappa shape index (κ1) is 20.7. The Balaban J connectivity index is 2.27. The quantitative estimate of drug-likeness (QED) is 0.702. The smallest absolute Gasteiger partial charge is 0.264 e. The Morgan fingerprint density at radius 2 is 1.67 bits per heavy atom. The molecule has 0 heterocycles. The molecule has 0 bridgehead atoms. The summed E-state index contributed by atoms with van der Waals surface area (Å²) in [5.41, 5.74) is 0.427. The molecule has 0 radical (unpaired) electrons.